The van der Waals surface area contributed by atoms with Crippen molar-refractivity contribution in [2.45, 2.75) is 0 Å². The van der Waals surface area contributed by atoms with Gasteiger partial charge in [0.1, 0.15) is 6.61 Å². The molecular weight excluding hydrogens is 193 g/mol. The number of thiol groups is 1. The quantitative estimate of drug-likeness (QED) is 0.406. The first-order valence-electron chi connectivity index (χ1n) is 2.63. The number of nitrogens with zero attached hydrogens (tertiary/aromatic N) is 1. The molecule has 10 heavy (non-hydrogen) atoms. The minimum Gasteiger partial charge on any atom is -0.477 e. The van der Waals surface area contributed by atoms with Crippen LogP contribution in [0.15, 0.2) is 0 Å². The molecule has 0 amide bonds. The van der Waals surface area contributed by atoms with Gasteiger partial charge in [-0.3, -0.25) is 0 Å². The fraction of sp³-hybridized carbons (Fsp3) is 0.800. The van der Waals surface area contributed by atoms with Crippen molar-refractivity contribution in [2.75, 3.05) is 27.2 Å². The van der Waals surface area contributed by atoms with Crippen molar-refractivity contribution in [1.82, 2.24) is 4.90 Å². The molecule has 0 spiro atoms. The van der Waals surface area contributed by atoms with E-state index in [0.717, 1.165) is 6.54 Å². The Hall–Kier alpha value is 1.84. The van der Waals surface area contributed by atoms with Gasteiger partial charge in [-0.2, -0.15) is 0 Å². The summed E-state index contributed by atoms with van der Waals surface area (Å²) >= 11 is 8.36. The molecule has 0 aliphatic rings. The van der Waals surface area contributed by atoms with Crippen LogP contribution in [-0.4, -0.2) is 87.9 Å². The summed E-state index contributed by atoms with van der Waals surface area (Å²) in [5, 5.41) is 0. The zero-order chi connectivity index (χ0) is 7.28. The summed E-state index contributed by atoms with van der Waals surface area (Å²) < 4.78 is 5.22. The van der Waals surface area contributed by atoms with Crippen molar-refractivity contribution < 1.29 is 4.74 Å². The molecule has 0 aromatic carbocycles. The molecule has 0 unspecified atom stereocenters. The monoisotopic (exact) mass is 204 g/mol. The molecule has 0 fully saturated rings. The second-order valence-corrected chi connectivity index (χ2v) is 3.00. The largest absolute Gasteiger partial charge is 0.477 e. The first kappa shape index (κ1) is 14.4. The van der Waals surface area contributed by atoms with Crippen LogP contribution < -0.4 is 0 Å². The van der Waals surface area contributed by atoms with Crippen LogP contribution >= 0.6 is 24.8 Å². The molecule has 0 atom stereocenters. The van der Waals surface area contributed by atoms with Crippen LogP contribution in [0.5, 0.6) is 0 Å². The second-order valence-electron chi connectivity index (χ2n) is 1.92. The van der Waals surface area contributed by atoms with Crippen LogP contribution in [0.4, 0.5) is 0 Å². The average Bonchev–Trinajstić information content (AvgIpc) is 1.63. The van der Waals surface area contributed by atoms with E-state index in [1.54, 1.807) is 0 Å². The molecule has 0 N–H and O–H groups in total. The molecule has 0 aromatic rings. The van der Waals surface area contributed by atoms with Crippen LogP contribution in [0.1, 0.15) is 0 Å². The Morgan fingerprint density at radius 1 is 1.60 bits per heavy atom. The van der Waals surface area contributed by atoms with Gasteiger partial charge >= 0.3 is 0 Å². The normalized spacial score (nSPS) is 8.80. The second kappa shape index (κ2) is 8.93. The van der Waals surface area contributed by atoms with Gasteiger partial charge in [-0.05, 0) is 26.3 Å². The molecule has 0 heterocycles. The van der Waals surface area contributed by atoms with Crippen molar-refractivity contribution in [2.24, 2.45) is 0 Å². The smallest absolute Gasteiger partial charge is 0.216 e. The molecule has 0 aliphatic heterocycles. The Bertz CT molecular complexity index is 99.6. The Morgan fingerprint density at radius 2 is 2.10 bits per heavy atom. The van der Waals surface area contributed by atoms with Gasteiger partial charge in [0, 0.05) is 57.9 Å². The van der Waals surface area contributed by atoms with Gasteiger partial charge in [0.05, 0.1) is 0 Å². The van der Waals surface area contributed by atoms with E-state index >= 15 is 0 Å². The van der Waals surface area contributed by atoms with E-state index in [1.807, 2.05) is 19.0 Å². The Labute approximate surface area is 116 Å². The summed E-state index contributed by atoms with van der Waals surface area (Å²) in [6.45, 7) is 1.50. The molecule has 2 nitrogen and oxygen atoms in total. The zero-order valence-electron chi connectivity index (χ0n) is 6.63. The summed E-state index contributed by atoms with van der Waals surface area (Å²) in [6, 6.07) is 0. The molecule has 5 heteroatoms. The number of hydrogen-bond acceptors (Lipinski definition) is 3. The van der Waals surface area contributed by atoms with Gasteiger partial charge in [0.2, 0.25) is 4.38 Å². The molecule has 1 radical (unpaired) electrons. The maximum Gasteiger partial charge on any atom is 0.216 e. The van der Waals surface area contributed by atoms with E-state index in [2.05, 4.69) is 24.8 Å². The van der Waals surface area contributed by atoms with Crippen molar-refractivity contribution in [1.29, 1.82) is 0 Å². The van der Waals surface area contributed by atoms with E-state index < -0.39 is 0 Å². The molecule has 0 aromatic heterocycles. The predicted octanol–water partition coefficient (Wildman–Crippen LogP) is 0.398. The van der Waals surface area contributed by atoms with Crippen LogP contribution in [0.3, 0.4) is 0 Å². The molecule has 0 bridgehead atoms. The Balaban J connectivity index is 0. The first-order valence-corrected chi connectivity index (χ1v) is 3.49. The van der Waals surface area contributed by atoms with Crippen molar-refractivity contribution >= 4 is 80.6 Å². The van der Waals surface area contributed by atoms with Gasteiger partial charge in [-0.25, -0.2) is 0 Å². The van der Waals surface area contributed by atoms with E-state index in [1.165, 1.54) is 0 Å². The van der Waals surface area contributed by atoms with E-state index in [0.29, 0.717) is 11.0 Å². The third kappa shape index (κ3) is 12.5. The standard InChI is InChI=1S/C5H11NOS2.K/c1-6(2)3-4-7-5(8)9;/h3-4H2,1-2H3,(H,8,9);. The molecule has 55 valence electrons. The minimum absolute atomic E-state index is 0. The van der Waals surface area contributed by atoms with Crippen LogP contribution in [0.25, 0.3) is 0 Å². The summed E-state index contributed by atoms with van der Waals surface area (Å²) in [5.74, 6) is 0. The molecule has 0 rings (SSSR count). The van der Waals surface area contributed by atoms with Gasteiger partial charge in [-0.1, -0.05) is 12.6 Å². The third-order valence-electron chi connectivity index (χ3n) is 0.764. The number of thiocarbonyl (C=S) groups is 1. The van der Waals surface area contributed by atoms with Gasteiger partial charge < -0.3 is 9.64 Å². The van der Waals surface area contributed by atoms with Crippen LogP contribution in [-0.2, 0) is 4.74 Å². The van der Waals surface area contributed by atoms with Gasteiger partial charge in [0.15, 0.2) is 0 Å². The SMILES string of the molecule is CN(C)CCOC(=S)S.[K]. The number of rotatable bonds is 3. The van der Waals surface area contributed by atoms with E-state index in [9.17, 15) is 0 Å². The fourth-order valence-electron chi connectivity index (χ4n) is 0.316. The Kier molecular flexibility index (Phi) is 12.8. The van der Waals surface area contributed by atoms with Crippen molar-refractivity contribution in [3.05, 3.63) is 0 Å². The molecular formula is C5H11KNOS2. The fourth-order valence-corrected chi connectivity index (χ4v) is 0.490. The number of hydrogen-bond donors (Lipinski definition) is 1. The molecule has 0 saturated heterocycles. The first-order chi connectivity index (χ1) is 4.13. The van der Waals surface area contributed by atoms with Crippen LogP contribution in [0, 0.1) is 0 Å². The zero-order valence-corrected chi connectivity index (χ0v) is 11.5. The van der Waals surface area contributed by atoms with Crippen molar-refractivity contribution in [3.8, 4) is 0 Å². The summed E-state index contributed by atoms with van der Waals surface area (Å²) in [7, 11) is 3.95. The van der Waals surface area contributed by atoms with Crippen LogP contribution in [0.2, 0.25) is 0 Å². The Morgan fingerprint density at radius 3 is 2.40 bits per heavy atom. The third-order valence-corrected chi connectivity index (χ3v) is 1.01. The van der Waals surface area contributed by atoms with Gasteiger partial charge in [-0.15, -0.1) is 0 Å². The summed E-state index contributed by atoms with van der Waals surface area (Å²) in [6.07, 6.45) is 0. The molecule has 0 saturated carbocycles. The van der Waals surface area contributed by atoms with Crippen molar-refractivity contribution in [3.63, 3.8) is 0 Å². The van der Waals surface area contributed by atoms with Gasteiger partial charge in [0.25, 0.3) is 0 Å². The maximum atomic E-state index is 4.91. The summed E-state index contributed by atoms with van der Waals surface area (Å²) in [5.41, 5.74) is 0. The van der Waals surface area contributed by atoms with E-state index in [4.69, 9.17) is 4.74 Å². The molecule has 0 aliphatic carbocycles. The van der Waals surface area contributed by atoms with E-state index in [-0.39, 0.29) is 51.4 Å². The maximum absolute atomic E-state index is 4.91. The average molecular weight is 204 g/mol. The minimum atomic E-state index is 0. The predicted molar refractivity (Wildman–Crippen MR) is 51.8 cm³/mol. The summed E-state index contributed by atoms with van der Waals surface area (Å²) in [4.78, 5) is 2.02. The topological polar surface area (TPSA) is 12.5 Å². The number of likely N-dealkylation sites (N-methyl/N-ethyl adjacent to an activating group) is 1. The number of ether oxygens (including phenoxy) is 1.